The predicted octanol–water partition coefficient (Wildman–Crippen LogP) is 1.73. The van der Waals surface area contributed by atoms with Crippen LogP contribution < -0.4 is 5.32 Å². The summed E-state index contributed by atoms with van der Waals surface area (Å²) in [6.45, 7) is 8.93. The van der Waals surface area contributed by atoms with Crippen LogP contribution in [0.3, 0.4) is 0 Å². The van der Waals surface area contributed by atoms with Gasteiger partial charge in [0.2, 0.25) is 0 Å². The molecule has 0 saturated carbocycles. The second-order valence-corrected chi connectivity index (χ2v) is 5.77. The SMILES string of the molecule is Cc1ccc(C(O)CCNCCCN2CCOCC2)cc1. The first-order valence-electron chi connectivity index (χ1n) is 8.01. The third kappa shape index (κ3) is 6.14. The van der Waals surface area contributed by atoms with E-state index in [-0.39, 0.29) is 6.10 Å². The second kappa shape index (κ2) is 9.15. The summed E-state index contributed by atoms with van der Waals surface area (Å²) in [5.41, 5.74) is 2.24. The van der Waals surface area contributed by atoms with Crippen LogP contribution in [0.1, 0.15) is 30.1 Å². The van der Waals surface area contributed by atoms with Crippen molar-refractivity contribution >= 4 is 0 Å². The summed E-state index contributed by atoms with van der Waals surface area (Å²) in [6, 6.07) is 8.12. The first-order valence-corrected chi connectivity index (χ1v) is 8.01. The van der Waals surface area contributed by atoms with E-state index in [0.717, 1.165) is 64.3 Å². The van der Waals surface area contributed by atoms with Crippen molar-refractivity contribution in [2.75, 3.05) is 45.9 Å². The highest BCUT2D eigenvalue weighted by Crippen LogP contribution is 2.16. The molecule has 0 bridgehead atoms. The second-order valence-electron chi connectivity index (χ2n) is 5.77. The predicted molar refractivity (Wildman–Crippen MR) is 85.5 cm³/mol. The van der Waals surface area contributed by atoms with Gasteiger partial charge in [0, 0.05) is 13.1 Å². The van der Waals surface area contributed by atoms with Crippen LogP contribution in [0.15, 0.2) is 24.3 Å². The molecule has 1 atom stereocenters. The van der Waals surface area contributed by atoms with Gasteiger partial charge in [-0.3, -0.25) is 4.90 Å². The van der Waals surface area contributed by atoms with E-state index >= 15 is 0 Å². The lowest BCUT2D eigenvalue weighted by molar-refractivity contribution is 0.0374. The smallest absolute Gasteiger partial charge is 0.0802 e. The van der Waals surface area contributed by atoms with Crippen molar-refractivity contribution in [3.8, 4) is 0 Å². The number of ether oxygens (including phenoxy) is 1. The van der Waals surface area contributed by atoms with Crippen molar-refractivity contribution in [3.63, 3.8) is 0 Å². The first kappa shape index (κ1) is 16.4. The first-order chi connectivity index (χ1) is 10.3. The highest BCUT2D eigenvalue weighted by Gasteiger charge is 2.09. The Balaban J connectivity index is 1.52. The molecule has 0 aromatic heterocycles. The van der Waals surface area contributed by atoms with Crippen LogP contribution in [0, 0.1) is 6.92 Å². The maximum absolute atomic E-state index is 10.1. The molecule has 4 heteroatoms. The number of aliphatic hydroxyl groups excluding tert-OH is 1. The third-order valence-electron chi connectivity index (χ3n) is 3.99. The van der Waals surface area contributed by atoms with Gasteiger partial charge in [-0.2, -0.15) is 0 Å². The fraction of sp³-hybridized carbons (Fsp3) is 0.647. The Morgan fingerprint density at radius 2 is 1.90 bits per heavy atom. The summed E-state index contributed by atoms with van der Waals surface area (Å²) >= 11 is 0. The zero-order valence-electron chi connectivity index (χ0n) is 13.1. The Morgan fingerprint density at radius 3 is 2.62 bits per heavy atom. The minimum absolute atomic E-state index is 0.364. The van der Waals surface area contributed by atoms with E-state index in [4.69, 9.17) is 4.74 Å². The number of hydrogen-bond acceptors (Lipinski definition) is 4. The molecule has 0 radical (unpaired) electrons. The number of morpholine rings is 1. The maximum Gasteiger partial charge on any atom is 0.0802 e. The van der Waals surface area contributed by atoms with Gasteiger partial charge in [0.05, 0.1) is 19.3 Å². The Hall–Kier alpha value is -0.940. The lowest BCUT2D eigenvalue weighted by Gasteiger charge is -2.26. The molecule has 0 aliphatic carbocycles. The monoisotopic (exact) mass is 292 g/mol. The van der Waals surface area contributed by atoms with Gasteiger partial charge in [0.15, 0.2) is 0 Å². The molecule has 2 rings (SSSR count). The molecule has 21 heavy (non-hydrogen) atoms. The topological polar surface area (TPSA) is 44.7 Å². The van der Waals surface area contributed by atoms with Gasteiger partial charge in [0.1, 0.15) is 0 Å². The number of benzene rings is 1. The van der Waals surface area contributed by atoms with E-state index in [2.05, 4.69) is 17.1 Å². The summed E-state index contributed by atoms with van der Waals surface area (Å²) < 4.78 is 5.34. The van der Waals surface area contributed by atoms with E-state index in [1.165, 1.54) is 5.56 Å². The van der Waals surface area contributed by atoms with Crippen molar-refractivity contribution in [1.29, 1.82) is 0 Å². The van der Waals surface area contributed by atoms with Crippen LogP contribution in [-0.2, 0) is 4.74 Å². The number of nitrogens with zero attached hydrogens (tertiary/aromatic N) is 1. The van der Waals surface area contributed by atoms with Crippen LogP contribution in [0.25, 0.3) is 0 Å². The van der Waals surface area contributed by atoms with Crippen molar-refractivity contribution < 1.29 is 9.84 Å². The Labute approximate surface area is 128 Å². The summed E-state index contributed by atoms with van der Waals surface area (Å²) in [5.74, 6) is 0. The summed E-state index contributed by atoms with van der Waals surface area (Å²) in [5, 5.41) is 13.5. The standard InChI is InChI=1S/C17H28N2O2/c1-15-3-5-16(6-4-15)17(20)7-9-18-8-2-10-19-11-13-21-14-12-19/h3-6,17-18,20H,2,7-14H2,1H3. The van der Waals surface area contributed by atoms with Gasteiger partial charge in [0.25, 0.3) is 0 Å². The Morgan fingerprint density at radius 1 is 1.19 bits per heavy atom. The van der Waals surface area contributed by atoms with E-state index in [1.54, 1.807) is 0 Å². The van der Waals surface area contributed by atoms with E-state index < -0.39 is 0 Å². The van der Waals surface area contributed by atoms with Crippen LogP contribution >= 0.6 is 0 Å². The molecule has 1 aromatic rings. The third-order valence-corrected chi connectivity index (χ3v) is 3.99. The van der Waals surface area contributed by atoms with E-state index in [0.29, 0.717) is 0 Å². The van der Waals surface area contributed by atoms with Gasteiger partial charge in [-0.25, -0.2) is 0 Å². The van der Waals surface area contributed by atoms with Gasteiger partial charge in [-0.15, -0.1) is 0 Å². The zero-order valence-corrected chi connectivity index (χ0v) is 13.1. The number of nitrogens with one attached hydrogen (secondary N) is 1. The highest BCUT2D eigenvalue weighted by atomic mass is 16.5. The number of aryl methyl sites for hydroxylation is 1. The Kier molecular flexibility index (Phi) is 7.16. The molecule has 1 fully saturated rings. The minimum atomic E-state index is -0.364. The molecule has 0 spiro atoms. The molecular weight excluding hydrogens is 264 g/mol. The Bertz CT molecular complexity index is 388. The number of aliphatic hydroxyl groups is 1. The molecule has 0 amide bonds. The molecule has 1 heterocycles. The average Bonchev–Trinajstić information content (AvgIpc) is 2.52. The molecular formula is C17H28N2O2. The largest absolute Gasteiger partial charge is 0.388 e. The van der Waals surface area contributed by atoms with Gasteiger partial charge >= 0.3 is 0 Å². The van der Waals surface area contributed by atoms with Crippen molar-refractivity contribution in [2.45, 2.75) is 25.9 Å². The molecule has 1 aromatic carbocycles. The van der Waals surface area contributed by atoms with Gasteiger partial charge in [-0.1, -0.05) is 29.8 Å². The molecule has 1 saturated heterocycles. The summed E-state index contributed by atoms with van der Waals surface area (Å²) in [7, 11) is 0. The fourth-order valence-corrected chi connectivity index (χ4v) is 2.57. The van der Waals surface area contributed by atoms with Crippen molar-refractivity contribution in [2.24, 2.45) is 0 Å². The fourth-order valence-electron chi connectivity index (χ4n) is 2.57. The highest BCUT2D eigenvalue weighted by molar-refractivity contribution is 5.22. The molecule has 4 nitrogen and oxygen atoms in total. The average molecular weight is 292 g/mol. The zero-order chi connectivity index (χ0) is 14.9. The lowest BCUT2D eigenvalue weighted by Crippen LogP contribution is -2.37. The van der Waals surface area contributed by atoms with Crippen molar-refractivity contribution in [1.82, 2.24) is 10.2 Å². The molecule has 1 aliphatic rings. The van der Waals surface area contributed by atoms with E-state index in [9.17, 15) is 5.11 Å². The van der Waals surface area contributed by atoms with Crippen LogP contribution in [-0.4, -0.2) is 55.9 Å². The summed E-state index contributed by atoms with van der Waals surface area (Å²) in [6.07, 6.45) is 1.55. The van der Waals surface area contributed by atoms with Crippen LogP contribution in [0.4, 0.5) is 0 Å². The van der Waals surface area contributed by atoms with Crippen LogP contribution in [0.5, 0.6) is 0 Å². The molecule has 118 valence electrons. The summed E-state index contributed by atoms with van der Waals surface area (Å²) in [4.78, 5) is 2.45. The van der Waals surface area contributed by atoms with Gasteiger partial charge in [-0.05, 0) is 45.0 Å². The normalized spacial score (nSPS) is 17.8. The van der Waals surface area contributed by atoms with Crippen molar-refractivity contribution in [3.05, 3.63) is 35.4 Å². The van der Waals surface area contributed by atoms with Gasteiger partial charge < -0.3 is 15.2 Å². The number of hydrogen-bond donors (Lipinski definition) is 2. The van der Waals surface area contributed by atoms with Crippen LogP contribution in [0.2, 0.25) is 0 Å². The molecule has 1 unspecified atom stereocenters. The lowest BCUT2D eigenvalue weighted by atomic mass is 10.1. The molecule has 1 aliphatic heterocycles. The number of rotatable bonds is 8. The quantitative estimate of drug-likeness (QED) is 0.716. The minimum Gasteiger partial charge on any atom is -0.388 e. The molecule has 2 N–H and O–H groups in total. The van der Waals surface area contributed by atoms with E-state index in [1.807, 2.05) is 24.3 Å². The maximum atomic E-state index is 10.1.